The van der Waals surface area contributed by atoms with Gasteiger partial charge in [0.1, 0.15) is 0 Å². The Labute approximate surface area is 152 Å². The van der Waals surface area contributed by atoms with E-state index in [0.29, 0.717) is 25.3 Å². The summed E-state index contributed by atoms with van der Waals surface area (Å²) >= 11 is 5.35. The van der Waals surface area contributed by atoms with Gasteiger partial charge in [-0.05, 0) is 67.8 Å². The van der Waals surface area contributed by atoms with Gasteiger partial charge in [-0.15, -0.1) is 0 Å². The van der Waals surface area contributed by atoms with E-state index in [2.05, 4.69) is 4.98 Å². The molecule has 25 heavy (non-hydrogen) atoms. The molecule has 1 aromatic rings. The maximum atomic E-state index is 12.6. The van der Waals surface area contributed by atoms with Gasteiger partial charge in [-0.2, -0.15) is 0 Å². The third-order valence-electron chi connectivity index (χ3n) is 6.44. The summed E-state index contributed by atoms with van der Waals surface area (Å²) < 4.78 is 0. The van der Waals surface area contributed by atoms with Crippen molar-refractivity contribution in [1.29, 1.82) is 0 Å². The minimum Gasteiger partial charge on any atom is -0.390 e. The van der Waals surface area contributed by atoms with Crippen LogP contribution in [0.1, 0.15) is 37.7 Å². The summed E-state index contributed by atoms with van der Waals surface area (Å²) in [7, 11) is 0. The third kappa shape index (κ3) is 2.60. The van der Waals surface area contributed by atoms with Crippen LogP contribution in [0.4, 0.5) is 0 Å². The smallest absolute Gasteiger partial charge is 0.225 e. The van der Waals surface area contributed by atoms with Crippen molar-refractivity contribution >= 4 is 23.2 Å². The second kappa shape index (κ2) is 5.64. The number of amides is 1. The molecule has 134 valence electrons. The van der Waals surface area contributed by atoms with E-state index >= 15 is 0 Å². The number of pyridine rings is 1. The molecular formula is C18H24N4O2S. The van der Waals surface area contributed by atoms with Crippen LogP contribution in [0.3, 0.4) is 0 Å². The number of carbonyl (C=O) groups is 1. The van der Waals surface area contributed by atoms with Gasteiger partial charge in [0.25, 0.3) is 0 Å². The first-order valence-electron chi connectivity index (χ1n) is 8.80. The van der Waals surface area contributed by atoms with Crippen molar-refractivity contribution in [2.75, 3.05) is 0 Å². The summed E-state index contributed by atoms with van der Waals surface area (Å²) in [6.07, 6.45) is 7.10. The first kappa shape index (κ1) is 16.7. The average Bonchev–Trinajstić information content (AvgIpc) is 2.52. The molecule has 4 bridgehead atoms. The van der Waals surface area contributed by atoms with Crippen molar-refractivity contribution in [3.05, 3.63) is 30.1 Å². The number of aromatic nitrogens is 1. The molecule has 0 saturated heterocycles. The van der Waals surface area contributed by atoms with Crippen LogP contribution in [0, 0.1) is 17.3 Å². The summed E-state index contributed by atoms with van der Waals surface area (Å²) in [4.78, 5) is 18.7. The molecule has 0 radical (unpaired) electrons. The van der Waals surface area contributed by atoms with Gasteiger partial charge in [0.15, 0.2) is 5.11 Å². The maximum Gasteiger partial charge on any atom is 0.225 e. The van der Waals surface area contributed by atoms with E-state index in [9.17, 15) is 9.90 Å². The minimum absolute atomic E-state index is 0.153. The van der Waals surface area contributed by atoms with Gasteiger partial charge in [0.05, 0.1) is 11.0 Å². The number of rotatable bonds is 4. The van der Waals surface area contributed by atoms with E-state index in [1.54, 1.807) is 12.4 Å². The fourth-order valence-corrected chi connectivity index (χ4v) is 6.16. The topological polar surface area (TPSA) is 105 Å². The molecule has 5 unspecified atom stereocenters. The molecule has 4 aliphatic carbocycles. The van der Waals surface area contributed by atoms with Crippen LogP contribution in [0.15, 0.2) is 24.5 Å². The third-order valence-corrected chi connectivity index (χ3v) is 6.68. The molecule has 4 saturated carbocycles. The first-order chi connectivity index (χ1) is 11.8. The van der Waals surface area contributed by atoms with Crippen LogP contribution in [0.5, 0.6) is 0 Å². The van der Waals surface area contributed by atoms with E-state index in [0.717, 1.165) is 24.8 Å². The van der Waals surface area contributed by atoms with E-state index < -0.39 is 11.0 Å². The minimum atomic E-state index is -0.770. The zero-order chi connectivity index (χ0) is 17.8. The SMILES string of the molecule is NC(=O)C12CC3CC(CC(O)(C3)C1)C2N(Cc1cccnc1)C(N)=S. The number of hydrogen-bond acceptors (Lipinski definition) is 4. The Bertz CT molecular complexity index is 714. The van der Waals surface area contributed by atoms with Gasteiger partial charge in [-0.1, -0.05) is 6.07 Å². The molecule has 0 aliphatic heterocycles. The van der Waals surface area contributed by atoms with Gasteiger partial charge in [0.2, 0.25) is 5.91 Å². The Kier molecular flexibility index (Phi) is 3.77. The lowest BCUT2D eigenvalue weighted by Crippen LogP contribution is -2.71. The Hall–Kier alpha value is -1.73. The first-order valence-corrected chi connectivity index (χ1v) is 9.21. The lowest BCUT2D eigenvalue weighted by Gasteiger charge is -2.64. The second-order valence-electron chi connectivity index (χ2n) is 8.17. The van der Waals surface area contributed by atoms with Crippen LogP contribution < -0.4 is 11.5 Å². The summed E-state index contributed by atoms with van der Waals surface area (Å²) in [5.74, 6) is 0.197. The van der Waals surface area contributed by atoms with Gasteiger partial charge >= 0.3 is 0 Å². The molecule has 5 rings (SSSR count). The van der Waals surface area contributed by atoms with Crippen molar-refractivity contribution in [2.24, 2.45) is 28.7 Å². The van der Waals surface area contributed by atoms with Crippen LogP contribution >= 0.6 is 12.2 Å². The number of thiocarbonyl (C=S) groups is 1. The summed E-state index contributed by atoms with van der Waals surface area (Å²) in [6.45, 7) is 0.502. The van der Waals surface area contributed by atoms with Crippen LogP contribution in [0.2, 0.25) is 0 Å². The molecule has 0 aromatic carbocycles. The van der Waals surface area contributed by atoms with Gasteiger partial charge in [-0.3, -0.25) is 9.78 Å². The highest BCUT2D eigenvalue weighted by Crippen LogP contribution is 2.62. The maximum absolute atomic E-state index is 12.6. The largest absolute Gasteiger partial charge is 0.390 e. The summed E-state index contributed by atoms with van der Waals surface area (Å²) in [5, 5.41) is 11.2. The fraction of sp³-hybridized carbons (Fsp3) is 0.611. The predicted molar refractivity (Wildman–Crippen MR) is 97.0 cm³/mol. The fourth-order valence-electron chi connectivity index (χ4n) is 5.98. The molecule has 1 amide bonds. The predicted octanol–water partition coefficient (Wildman–Crippen LogP) is 0.922. The molecule has 4 aliphatic rings. The Morgan fingerprint density at radius 1 is 1.40 bits per heavy atom. The van der Waals surface area contributed by atoms with Crippen LogP contribution in [-0.4, -0.2) is 37.7 Å². The van der Waals surface area contributed by atoms with Crippen LogP contribution in [0.25, 0.3) is 0 Å². The van der Waals surface area contributed by atoms with E-state index in [-0.39, 0.29) is 23.0 Å². The number of aliphatic hydroxyl groups is 1. The number of nitrogens with two attached hydrogens (primary N) is 2. The monoisotopic (exact) mass is 360 g/mol. The van der Waals surface area contributed by atoms with Crippen molar-refractivity contribution in [3.8, 4) is 0 Å². The summed E-state index contributed by atoms with van der Waals surface area (Å²) in [6, 6.07) is 3.69. The van der Waals surface area contributed by atoms with Crippen molar-refractivity contribution in [3.63, 3.8) is 0 Å². The molecule has 4 fully saturated rings. The summed E-state index contributed by atoms with van der Waals surface area (Å²) in [5.41, 5.74) is 11.4. The Morgan fingerprint density at radius 3 is 2.80 bits per heavy atom. The van der Waals surface area contributed by atoms with Gasteiger partial charge in [0, 0.05) is 25.0 Å². The van der Waals surface area contributed by atoms with Gasteiger partial charge in [-0.25, -0.2) is 0 Å². The average molecular weight is 360 g/mol. The van der Waals surface area contributed by atoms with Gasteiger partial charge < -0.3 is 21.5 Å². The van der Waals surface area contributed by atoms with Crippen LogP contribution in [-0.2, 0) is 11.3 Å². The number of carbonyl (C=O) groups excluding carboxylic acids is 1. The lowest BCUT2D eigenvalue weighted by molar-refractivity contribution is -0.198. The zero-order valence-electron chi connectivity index (χ0n) is 14.1. The van der Waals surface area contributed by atoms with E-state index in [4.69, 9.17) is 23.7 Å². The molecule has 5 N–H and O–H groups in total. The molecule has 0 spiro atoms. The quantitative estimate of drug-likeness (QED) is 0.690. The Balaban J connectivity index is 1.73. The van der Waals surface area contributed by atoms with Crippen molar-refractivity contribution in [2.45, 2.75) is 50.3 Å². The molecule has 7 heteroatoms. The molecule has 1 heterocycles. The highest BCUT2D eigenvalue weighted by atomic mass is 32.1. The highest BCUT2D eigenvalue weighted by molar-refractivity contribution is 7.80. The number of nitrogens with zero attached hydrogens (tertiary/aromatic N) is 2. The van der Waals surface area contributed by atoms with E-state index in [1.165, 1.54) is 0 Å². The van der Waals surface area contributed by atoms with Crippen molar-refractivity contribution in [1.82, 2.24) is 9.88 Å². The standard InChI is InChI=1S/C18H24N4O2S/c19-15(23)18-6-12-4-13(7-17(24,5-12)10-18)14(18)22(16(20)25)9-11-2-1-3-21-8-11/h1-3,8,12-14,24H,4-7,9-10H2,(H2,19,23)(H2,20,25). The molecular weight excluding hydrogens is 336 g/mol. The highest BCUT2D eigenvalue weighted by Gasteiger charge is 2.66. The normalized spacial score (nSPS) is 38.5. The second-order valence-corrected chi connectivity index (χ2v) is 8.59. The molecule has 6 nitrogen and oxygen atoms in total. The Morgan fingerprint density at radius 2 is 2.20 bits per heavy atom. The zero-order valence-corrected chi connectivity index (χ0v) is 14.9. The lowest BCUT2D eigenvalue weighted by atomic mass is 9.45. The number of hydrogen-bond donors (Lipinski definition) is 3. The molecule has 5 atom stereocenters. The number of primary amides is 1. The molecule has 1 aromatic heterocycles. The van der Waals surface area contributed by atoms with Crippen molar-refractivity contribution < 1.29 is 9.90 Å². The van der Waals surface area contributed by atoms with E-state index in [1.807, 2.05) is 17.0 Å².